The van der Waals surface area contributed by atoms with Crippen molar-refractivity contribution in [2.45, 2.75) is 13.5 Å². The van der Waals surface area contributed by atoms with Crippen molar-refractivity contribution in [1.82, 2.24) is 15.0 Å². The quantitative estimate of drug-likeness (QED) is 0.588. The molecule has 2 amide bonds. The Hall–Kier alpha value is -2.68. The van der Waals surface area contributed by atoms with Crippen LogP contribution in [0, 0.1) is 12.7 Å². The van der Waals surface area contributed by atoms with Crippen molar-refractivity contribution in [3.8, 4) is 0 Å². The SMILES string of the molecule is Cc1c(C(=O)Nc2ccc(Cl)c(Cl)c2)nnn1CC(=O)Nc1ccc(F)c(Cl)c1. The van der Waals surface area contributed by atoms with Gasteiger partial charge in [-0.15, -0.1) is 5.10 Å². The van der Waals surface area contributed by atoms with Crippen LogP contribution in [-0.2, 0) is 11.3 Å². The van der Waals surface area contributed by atoms with E-state index in [0.29, 0.717) is 27.1 Å². The molecule has 3 rings (SSSR count). The number of aromatic nitrogens is 3. The Balaban J connectivity index is 1.67. The molecular weight excluding hydrogens is 444 g/mol. The van der Waals surface area contributed by atoms with Gasteiger partial charge < -0.3 is 10.6 Å². The number of hydrogen-bond donors (Lipinski definition) is 2. The molecule has 0 atom stereocenters. The maximum Gasteiger partial charge on any atom is 0.278 e. The second kappa shape index (κ2) is 8.77. The van der Waals surface area contributed by atoms with Gasteiger partial charge in [-0.1, -0.05) is 40.0 Å². The molecule has 0 aliphatic rings. The van der Waals surface area contributed by atoms with E-state index in [4.69, 9.17) is 34.8 Å². The molecule has 0 saturated heterocycles. The van der Waals surface area contributed by atoms with Crippen molar-refractivity contribution in [3.05, 3.63) is 68.7 Å². The zero-order chi connectivity index (χ0) is 21.1. The lowest BCUT2D eigenvalue weighted by atomic mass is 10.2. The minimum absolute atomic E-state index is 0.0497. The summed E-state index contributed by atoms with van der Waals surface area (Å²) in [5.74, 6) is -1.55. The fourth-order valence-corrected chi connectivity index (χ4v) is 2.87. The number of halogens is 4. The van der Waals surface area contributed by atoms with E-state index in [1.54, 1.807) is 19.1 Å². The molecule has 0 spiro atoms. The number of carbonyl (C=O) groups excluding carboxylic acids is 2. The molecule has 0 aliphatic carbocycles. The van der Waals surface area contributed by atoms with E-state index in [1.165, 1.54) is 22.9 Å². The third-order valence-corrected chi connectivity index (χ3v) is 4.90. The number of hydrogen-bond acceptors (Lipinski definition) is 4. The summed E-state index contributed by atoms with van der Waals surface area (Å²) in [6.07, 6.45) is 0. The molecule has 0 unspecified atom stereocenters. The van der Waals surface area contributed by atoms with Crippen molar-refractivity contribution >= 4 is 58.0 Å². The molecule has 1 aromatic heterocycles. The van der Waals surface area contributed by atoms with Crippen molar-refractivity contribution in [2.24, 2.45) is 0 Å². The van der Waals surface area contributed by atoms with Crippen molar-refractivity contribution in [3.63, 3.8) is 0 Å². The molecule has 1 heterocycles. The Morgan fingerprint density at radius 1 is 1.00 bits per heavy atom. The Morgan fingerprint density at radius 2 is 1.66 bits per heavy atom. The highest BCUT2D eigenvalue weighted by Gasteiger charge is 2.18. The van der Waals surface area contributed by atoms with Crippen LogP contribution in [0.15, 0.2) is 36.4 Å². The van der Waals surface area contributed by atoms with E-state index < -0.39 is 17.6 Å². The van der Waals surface area contributed by atoms with Crippen molar-refractivity contribution in [1.29, 1.82) is 0 Å². The molecule has 0 saturated carbocycles. The van der Waals surface area contributed by atoms with Crippen LogP contribution in [0.3, 0.4) is 0 Å². The summed E-state index contributed by atoms with van der Waals surface area (Å²) in [6.45, 7) is 1.40. The lowest BCUT2D eigenvalue weighted by Crippen LogP contribution is -2.21. The smallest absolute Gasteiger partial charge is 0.278 e. The van der Waals surface area contributed by atoms with E-state index in [2.05, 4.69) is 20.9 Å². The first-order valence-electron chi connectivity index (χ1n) is 8.16. The monoisotopic (exact) mass is 455 g/mol. The third-order valence-electron chi connectivity index (χ3n) is 3.87. The van der Waals surface area contributed by atoms with Gasteiger partial charge >= 0.3 is 0 Å². The zero-order valence-electron chi connectivity index (χ0n) is 14.8. The van der Waals surface area contributed by atoms with E-state index in [-0.39, 0.29) is 17.3 Å². The number of carbonyl (C=O) groups is 2. The molecule has 11 heteroatoms. The first-order valence-corrected chi connectivity index (χ1v) is 9.29. The highest BCUT2D eigenvalue weighted by molar-refractivity contribution is 6.42. The van der Waals surface area contributed by atoms with Crippen LogP contribution in [0.2, 0.25) is 15.1 Å². The van der Waals surface area contributed by atoms with E-state index >= 15 is 0 Å². The fourth-order valence-electron chi connectivity index (χ4n) is 2.39. The summed E-state index contributed by atoms with van der Waals surface area (Å²) >= 11 is 17.5. The maximum absolute atomic E-state index is 13.2. The van der Waals surface area contributed by atoms with Crippen molar-refractivity contribution < 1.29 is 14.0 Å². The van der Waals surface area contributed by atoms with Crippen LogP contribution < -0.4 is 10.6 Å². The summed E-state index contributed by atoms with van der Waals surface area (Å²) in [5.41, 5.74) is 1.20. The summed E-state index contributed by atoms with van der Waals surface area (Å²) in [7, 11) is 0. The van der Waals surface area contributed by atoms with Crippen molar-refractivity contribution in [2.75, 3.05) is 10.6 Å². The zero-order valence-corrected chi connectivity index (χ0v) is 17.1. The summed E-state index contributed by atoms with van der Waals surface area (Å²) < 4.78 is 14.5. The van der Waals surface area contributed by atoms with Gasteiger partial charge in [-0.3, -0.25) is 9.59 Å². The van der Waals surface area contributed by atoms with Gasteiger partial charge in [0.25, 0.3) is 5.91 Å². The van der Waals surface area contributed by atoms with Crippen LogP contribution in [0.4, 0.5) is 15.8 Å². The van der Waals surface area contributed by atoms with E-state index in [9.17, 15) is 14.0 Å². The number of nitrogens with zero attached hydrogens (tertiary/aromatic N) is 3. The molecule has 29 heavy (non-hydrogen) atoms. The maximum atomic E-state index is 13.2. The third kappa shape index (κ3) is 5.03. The largest absolute Gasteiger partial charge is 0.324 e. The van der Waals surface area contributed by atoms with Crippen LogP contribution >= 0.6 is 34.8 Å². The molecule has 0 bridgehead atoms. The lowest BCUT2D eigenvalue weighted by Gasteiger charge is -2.07. The summed E-state index contributed by atoms with van der Waals surface area (Å²) in [6, 6.07) is 8.46. The molecular formula is C18H13Cl3FN5O2. The second-order valence-electron chi connectivity index (χ2n) is 5.94. The average Bonchev–Trinajstić information content (AvgIpc) is 3.02. The Bertz CT molecular complexity index is 1100. The Morgan fingerprint density at radius 3 is 2.34 bits per heavy atom. The van der Waals surface area contributed by atoms with Gasteiger partial charge in [0.15, 0.2) is 5.69 Å². The molecule has 7 nitrogen and oxygen atoms in total. The molecule has 0 radical (unpaired) electrons. The first-order chi connectivity index (χ1) is 13.7. The molecule has 3 aromatic rings. The predicted molar refractivity (Wildman–Crippen MR) is 109 cm³/mol. The number of anilines is 2. The van der Waals surface area contributed by atoms with Crippen LogP contribution in [-0.4, -0.2) is 26.8 Å². The van der Waals surface area contributed by atoms with Gasteiger partial charge in [0.2, 0.25) is 5.91 Å². The minimum Gasteiger partial charge on any atom is -0.324 e. The highest BCUT2D eigenvalue weighted by atomic mass is 35.5. The standard InChI is InChI=1S/C18H13Cl3FN5O2/c1-9-17(18(29)24-11-2-4-12(19)13(20)6-11)25-26-27(9)8-16(28)23-10-3-5-15(22)14(21)7-10/h2-7H,8H2,1H3,(H,23,28)(H,24,29). The first kappa shape index (κ1) is 21.0. The van der Waals surface area contributed by atoms with Crippen LogP contribution in [0.5, 0.6) is 0 Å². The minimum atomic E-state index is -0.589. The highest BCUT2D eigenvalue weighted by Crippen LogP contribution is 2.25. The van der Waals surface area contributed by atoms with E-state index in [0.717, 1.165) is 6.07 Å². The average molecular weight is 457 g/mol. The van der Waals surface area contributed by atoms with Crippen LogP contribution in [0.25, 0.3) is 0 Å². The summed E-state index contributed by atoms with van der Waals surface area (Å²) in [4.78, 5) is 24.6. The van der Waals surface area contributed by atoms with Gasteiger partial charge in [0.1, 0.15) is 12.4 Å². The topological polar surface area (TPSA) is 88.9 Å². The Kier molecular flexibility index (Phi) is 6.36. The van der Waals surface area contributed by atoms with Gasteiger partial charge in [-0.2, -0.15) is 0 Å². The molecule has 2 N–H and O–H groups in total. The van der Waals surface area contributed by atoms with Gasteiger partial charge in [-0.05, 0) is 43.3 Å². The lowest BCUT2D eigenvalue weighted by molar-refractivity contribution is -0.117. The normalized spacial score (nSPS) is 10.7. The van der Waals surface area contributed by atoms with Gasteiger partial charge in [-0.25, -0.2) is 9.07 Å². The fraction of sp³-hybridized carbons (Fsp3) is 0.111. The van der Waals surface area contributed by atoms with Gasteiger partial charge in [0.05, 0.1) is 20.8 Å². The number of amides is 2. The van der Waals surface area contributed by atoms with Crippen LogP contribution in [0.1, 0.15) is 16.2 Å². The van der Waals surface area contributed by atoms with E-state index in [1.807, 2.05) is 0 Å². The molecule has 0 fully saturated rings. The number of nitrogens with one attached hydrogen (secondary N) is 2. The van der Waals surface area contributed by atoms with Gasteiger partial charge in [0, 0.05) is 11.4 Å². The molecule has 150 valence electrons. The Labute approximate surface area is 179 Å². The summed E-state index contributed by atoms with van der Waals surface area (Å²) in [5, 5.41) is 13.4. The number of rotatable bonds is 5. The molecule has 2 aromatic carbocycles. The number of benzene rings is 2. The predicted octanol–water partition coefficient (Wildman–Crippen LogP) is 4.58. The second-order valence-corrected chi connectivity index (χ2v) is 7.16. The molecule has 0 aliphatic heterocycles.